The summed E-state index contributed by atoms with van der Waals surface area (Å²) in [5, 5.41) is 12.7. The molecule has 1 aromatic heterocycles. The fourth-order valence-corrected chi connectivity index (χ4v) is 2.95. The Morgan fingerprint density at radius 3 is 2.39 bits per heavy atom. The van der Waals surface area contributed by atoms with Gasteiger partial charge in [-0.25, -0.2) is 0 Å². The maximum absolute atomic E-state index is 11.8. The highest BCUT2D eigenvalue weighted by Gasteiger charge is 2.15. The maximum atomic E-state index is 11.8. The third kappa shape index (κ3) is 5.37. The summed E-state index contributed by atoms with van der Waals surface area (Å²) >= 11 is 1.71. The van der Waals surface area contributed by atoms with Gasteiger partial charge in [-0.3, -0.25) is 4.79 Å². The van der Waals surface area contributed by atoms with Crippen molar-refractivity contribution in [3.05, 3.63) is 51.7 Å². The number of hydrogen-bond donors (Lipinski definition) is 2. The summed E-state index contributed by atoms with van der Waals surface area (Å²) in [6, 6.07) is 11.2. The Bertz CT molecular complexity index is 641. The summed E-state index contributed by atoms with van der Waals surface area (Å²) in [7, 11) is 0. The zero-order chi connectivity index (χ0) is 16.9. The van der Waals surface area contributed by atoms with Gasteiger partial charge in [0.25, 0.3) is 5.91 Å². The lowest BCUT2D eigenvalue weighted by molar-refractivity contribution is -0.123. The number of carbonyl (C=O) groups is 1. The summed E-state index contributed by atoms with van der Waals surface area (Å²) in [4.78, 5) is 14.3. The van der Waals surface area contributed by atoms with Crippen molar-refractivity contribution in [3.8, 4) is 5.75 Å². The van der Waals surface area contributed by atoms with Crippen molar-refractivity contribution < 1.29 is 14.6 Å². The predicted octanol–water partition coefficient (Wildman–Crippen LogP) is 3.23. The van der Waals surface area contributed by atoms with Crippen molar-refractivity contribution in [2.24, 2.45) is 0 Å². The Balaban J connectivity index is 1.77. The van der Waals surface area contributed by atoms with Gasteiger partial charge in [0.2, 0.25) is 0 Å². The Kier molecular flexibility index (Phi) is 5.80. The molecule has 1 aromatic carbocycles. The largest absolute Gasteiger partial charge is 0.484 e. The van der Waals surface area contributed by atoms with E-state index in [1.165, 1.54) is 4.88 Å². The average molecular weight is 333 g/mol. The third-order valence-electron chi connectivity index (χ3n) is 3.46. The van der Waals surface area contributed by atoms with Crippen molar-refractivity contribution in [3.63, 3.8) is 0 Å². The first-order valence-corrected chi connectivity index (χ1v) is 8.50. The van der Waals surface area contributed by atoms with Crippen LogP contribution in [0.2, 0.25) is 0 Å². The highest BCUT2D eigenvalue weighted by molar-refractivity contribution is 7.11. The van der Waals surface area contributed by atoms with Crippen LogP contribution in [0.4, 0.5) is 0 Å². The second kappa shape index (κ2) is 7.62. The minimum absolute atomic E-state index is 0.0200. The van der Waals surface area contributed by atoms with E-state index in [0.717, 1.165) is 16.9 Å². The summed E-state index contributed by atoms with van der Waals surface area (Å²) in [5.41, 5.74) is -0.0766. The molecule has 0 aliphatic rings. The molecule has 4 nitrogen and oxygen atoms in total. The Morgan fingerprint density at radius 1 is 1.17 bits per heavy atom. The lowest BCUT2D eigenvalue weighted by Crippen LogP contribution is -2.28. The van der Waals surface area contributed by atoms with Crippen molar-refractivity contribution in [2.45, 2.75) is 39.3 Å². The minimum atomic E-state index is -0.881. The second-order valence-corrected chi connectivity index (χ2v) is 7.12. The Labute approximate surface area is 141 Å². The summed E-state index contributed by atoms with van der Waals surface area (Å²) in [5.74, 6) is 0.459. The van der Waals surface area contributed by atoms with Gasteiger partial charge in [-0.2, -0.15) is 0 Å². The van der Waals surface area contributed by atoms with E-state index in [-0.39, 0.29) is 12.5 Å². The highest BCUT2D eigenvalue weighted by Crippen LogP contribution is 2.22. The molecule has 5 heteroatoms. The highest BCUT2D eigenvalue weighted by atomic mass is 32.1. The van der Waals surface area contributed by atoms with Crippen LogP contribution >= 0.6 is 11.3 Å². The number of hydrogen-bond acceptors (Lipinski definition) is 4. The van der Waals surface area contributed by atoms with Gasteiger partial charge in [0.05, 0.1) is 12.1 Å². The number of carbonyl (C=O) groups excluding carboxylic acids is 1. The van der Waals surface area contributed by atoms with E-state index in [0.29, 0.717) is 12.3 Å². The van der Waals surface area contributed by atoms with E-state index in [9.17, 15) is 9.90 Å². The zero-order valence-electron chi connectivity index (χ0n) is 13.8. The molecule has 124 valence electrons. The van der Waals surface area contributed by atoms with Crippen LogP contribution in [0.25, 0.3) is 0 Å². The molecule has 0 unspecified atom stereocenters. The molecule has 0 atom stereocenters. The summed E-state index contributed by atoms with van der Waals surface area (Å²) in [6.07, 6.45) is 1.02. The van der Waals surface area contributed by atoms with Crippen LogP contribution in [0.15, 0.2) is 36.4 Å². The molecular formula is C18H23NO3S. The zero-order valence-corrected chi connectivity index (χ0v) is 14.6. The Hall–Kier alpha value is -1.85. The van der Waals surface area contributed by atoms with Gasteiger partial charge in [-0.1, -0.05) is 19.1 Å². The number of benzene rings is 1. The molecule has 0 saturated heterocycles. The first kappa shape index (κ1) is 17.5. The molecule has 0 saturated carbocycles. The van der Waals surface area contributed by atoms with Gasteiger partial charge in [-0.05, 0) is 50.1 Å². The first-order valence-electron chi connectivity index (χ1n) is 7.68. The number of amides is 1. The molecule has 0 aliphatic heterocycles. The maximum Gasteiger partial charge on any atom is 0.258 e. The topological polar surface area (TPSA) is 58.6 Å². The van der Waals surface area contributed by atoms with Gasteiger partial charge >= 0.3 is 0 Å². The van der Waals surface area contributed by atoms with Crippen LogP contribution in [-0.2, 0) is 23.4 Å². The average Bonchev–Trinajstić information content (AvgIpc) is 2.98. The number of nitrogens with one attached hydrogen (secondary N) is 1. The van der Waals surface area contributed by atoms with E-state index in [1.54, 1.807) is 49.4 Å². The number of ether oxygens (including phenoxy) is 1. The van der Waals surface area contributed by atoms with E-state index >= 15 is 0 Å². The van der Waals surface area contributed by atoms with Crippen LogP contribution in [0.1, 0.15) is 36.1 Å². The molecule has 1 heterocycles. The molecule has 2 rings (SSSR count). The standard InChI is InChI=1S/C18H23NO3S/c1-4-15-9-10-16(23-15)11-19-17(20)12-22-14-7-5-13(6-8-14)18(2,3)21/h5-10,21H,4,11-12H2,1-3H3,(H,19,20). The van der Waals surface area contributed by atoms with E-state index in [2.05, 4.69) is 18.3 Å². The second-order valence-electron chi connectivity index (χ2n) is 5.87. The van der Waals surface area contributed by atoms with Crippen LogP contribution in [0, 0.1) is 0 Å². The molecule has 0 radical (unpaired) electrons. The fraction of sp³-hybridized carbons (Fsp3) is 0.389. The van der Waals surface area contributed by atoms with Crippen molar-refractivity contribution in [2.75, 3.05) is 6.61 Å². The van der Waals surface area contributed by atoms with Gasteiger partial charge in [0.1, 0.15) is 5.75 Å². The Morgan fingerprint density at radius 2 is 1.83 bits per heavy atom. The first-order chi connectivity index (χ1) is 10.9. The van der Waals surface area contributed by atoms with Gasteiger partial charge in [0.15, 0.2) is 6.61 Å². The summed E-state index contributed by atoms with van der Waals surface area (Å²) in [6.45, 7) is 6.08. The van der Waals surface area contributed by atoms with Crippen LogP contribution in [-0.4, -0.2) is 17.6 Å². The SMILES string of the molecule is CCc1ccc(CNC(=O)COc2ccc(C(C)(C)O)cc2)s1. The van der Waals surface area contributed by atoms with E-state index < -0.39 is 5.60 Å². The van der Waals surface area contributed by atoms with E-state index in [1.807, 2.05) is 6.07 Å². The van der Waals surface area contributed by atoms with Crippen molar-refractivity contribution in [1.82, 2.24) is 5.32 Å². The number of thiophene rings is 1. The monoisotopic (exact) mass is 333 g/mol. The summed E-state index contributed by atoms with van der Waals surface area (Å²) < 4.78 is 5.46. The van der Waals surface area contributed by atoms with Crippen molar-refractivity contribution >= 4 is 17.2 Å². The molecule has 0 fully saturated rings. The van der Waals surface area contributed by atoms with E-state index in [4.69, 9.17) is 4.74 Å². The van der Waals surface area contributed by atoms with Gasteiger partial charge < -0.3 is 15.2 Å². The fourth-order valence-electron chi connectivity index (χ4n) is 2.05. The normalized spacial score (nSPS) is 11.3. The molecule has 0 spiro atoms. The number of aryl methyl sites for hydroxylation is 1. The molecule has 23 heavy (non-hydrogen) atoms. The molecule has 2 N–H and O–H groups in total. The van der Waals surface area contributed by atoms with Crippen LogP contribution in [0.5, 0.6) is 5.75 Å². The minimum Gasteiger partial charge on any atom is -0.484 e. The molecule has 0 aliphatic carbocycles. The quantitative estimate of drug-likeness (QED) is 0.818. The lowest BCUT2D eigenvalue weighted by Gasteiger charge is -2.17. The van der Waals surface area contributed by atoms with Crippen LogP contribution < -0.4 is 10.1 Å². The molecule has 1 amide bonds. The van der Waals surface area contributed by atoms with Crippen LogP contribution in [0.3, 0.4) is 0 Å². The number of aliphatic hydroxyl groups is 1. The number of rotatable bonds is 7. The third-order valence-corrected chi connectivity index (χ3v) is 4.69. The van der Waals surface area contributed by atoms with Gasteiger partial charge in [-0.15, -0.1) is 11.3 Å². The molecule has 0 bridgehead atoms. The van der Waals surface area contributed by atoms with Gasteiger partial charge in [0, 0.05) is 9.75 Å². The lowest BCUT2D eigenvalue weighted by atomic mass is 9.99. The van der Waals surface area contributed by atoms with Crippen molar-refractivity contribution in [1.29, 1.82) is 0 Å². The molecule has 2 aromatic rings. The smallest absolute Gasteiger partial charge is 0.258 e. The predicted molar refractivity (Wildman–Crippen MR) is 92.7 cm³/mol. The molecular weight excluding hydrogens is 310 g/mol.